The topological polar surface area (TPSA) is 90.1 Å². The molecule has 0 N–H and O–H groups in total. The fraction of sp³-hybridized carbons (Fsp3) is 0.357. The van der Waals surface area contributed by atoms with Crippen LogP contribution < -0.4 is 4.73 Å². The van der Waals surface area contributed by atoms with Crippen LogP contribution in [0.4, 0.5) is 0 Å². The van der Waals surface area contributed by atoms with Crippen LogP contribution in [0.5, 0.6) is 0 Å². The van der Waals surface area contributed by atoms with Crippen LogP contribution >= 0.6 is 0 Å². The molecule has 0 spiro atoms. The molecule has 0 saturated carbocycles. The van der Waals surface area contributed by atoms with Crippen molar-refractivity contribution in [1.82, 2.24) is 14.9 Å². The number of hydrogen-bond donors (Lipinski definition) is 0. The van der Waals surface area contributed by atoms with Crippen LogP contribution in [0.3, 0.4) is 0 Å². The van der Waals surface area contributed by atoms with E-state index in [0.717, 1.165) is 40.9 Å². The Morgan fingerprint density at radius 2 is 2.09 bits per heavy atom. The van der Waals surface area contributed by atoms with E-state index in [2.05, 4.69) is 14.9 Å². The number of pyridine rings is 1. The third-order valence-electron chi connectivity index (χ3n) is 3.60. The molecule has 1 aliphatic rings. The van der Waals surface area contributed by atoms with E-state index >= 15 is 0 Å². The first kappa shape index (κ1) is 14.9. The molecule has 0 aromatic carbocycles. The highest BCUT2D eigenvalue weighted by molar-refractivity contribution is 7.90. The lowest BCUT2D eigenvalue weighted by Gasteiger charge is -2.27. The molecule has 22 heavy (non-hydrogen) atoms. The van der Waals surface area contributed by atoms with E-state index < -0.39 is 9.84 Å². The minimum absolute atomic E-state index is 0.109. The van der Waals surface area contributed by atoms with Crippen LogP contribution in [0.1, 0.15) is 16.8 Å². The van der Waals surface area contributed by atoms with E-state index in [9.17, 15) is 13.6 Å². The van der Waals surface area contributed by atoms with Crippen molar-refractivity contribution in [2.24, 2.45) is 0 Å². The highest BCUT2D eigenvalue weighted by Crippen LogP contribution is 2.19. The third-order valence-corrected chi connectivity index (χ3v) is 4.46. The van der Waals surface area contributed by atoms with E-state index in [1.165, 1.54) is 12.4 Å². The molecule has 3 rings (SSSR count). The first-order chi connectivity index (χ1) is 10.4. The van der Waals surface area contributed by atoms with Gasteiger partial charge in [-0.05, 0) is 5.56 Å². The number of sulfone groups is 1. The second-order valence-electron chi connectivity index (χ2n) is 5.42. The predicted molar refractivity (Wildman–Crippen MR) is 78.4 cm³/mol. The van der Waals surface area contributed by atoms with E-state index in [4.69, 9.17) is 0 Å². The van der Waals surface area contributed by atoms with E-state index in [1.54, 1.807) is 18.3 Å². The van der Waals surface area contributed by atoms with Gasteiger partial charge in [-0.1, -0.05) is 0 Å². The second kappa shape index (κ2) is 5.62. The monoisotopic (exact) mass is 320 g/mol. The predicted octanol–water partition coefficient (Wildman–Crippen LogP) is 0.0718. The Morgan fingerprint density at radius 1 is 1.36 bits per heavy atom. The Bertz CT molecular complexity index is 790. The Labute approximate surface area is 128 Å². The largest absolute Gasteiger partial charge is 0.619 e. The molecule has 1 aliphatic heterocycles. The van der Waals surface area contributed by atoms with Crippen molar-refractivity contribution in [2.45, 2.75) is 24.7 Å². The summed E-state index contributed by atoms with van der Waals surface area (Å²) in [6, 6.07) is 3.59. The highest BCUT2D eigenvalue weighted by atomic mass is 32.2. The van der Waals surface area contributed by atoms with Crippen molar-refractivity contribution < 1.29 is 13.1 Å². The third kappa shape index (κ3) is 3.23. The summed E-state index contributed by atoms with van der Waals surface area (Å²) in [7, 11) is -3.37. The lowest BCUT2D eigenvalue weighted by Crippen LogP contribution is -2.32. The number of nitrogens with zero attached hydrogens (tertiary/aromatic N) is 4. The van der Waals surface area contributed by atoms with Gasteiger partial charge in [-0.25, -0.2) is 18.4 Å². The first-order valence-electron chi connectivity index (χ1n) is 6.87. The Kier molecular flexibility index (Phi) is 3.79. The van der Waals surface area contributed by atoms with E-state index in [0.29, 0.717) is 13.0 Å². The SMILES string of the molecule is CS(=O)(=O)c1ncc2c(n1)CCN(Cc1cc[n+]([O-])cc1)C2. The van der Waals surface area contributed by atoms with Gasteiger partial charge in [0, 0.05) is 56.2 Å². The first-order valence-corrected chi connectivity index (χ1v) is 8.76. The molecule has 116 valence electrons. The summed E-state index contributed by atoms with van der Waals surface area (Å²) in [5, 5.41) is 10.9. The summed E-state index contributed by atoms with van der Waals surface area (Å²) in [5.74, 6) is 0. The lowest BCUT2D eigenvalue weighted by atomic mass is 10.1. The average Bonchev–Trinajstić information content (AvgIpc) is 2.48. The van der Waals surface area contributed by atoms with Crippen molar-refractivity contribution in [3.63, 3.8) is 0 Å². The van der Waals surface area contributed by atoms with Gasteiger partial charge < -0.3 is 5.21 Å². The Balaban J connectivity index is 1.75. The molecule has 0 fully saturated rings. The van der Waals surface area contributed by atoms with Crippen molar-refractivity contribution >= 4 is 9.84 Å². The van der Waals surface area contributed by atoms with Crippen LogP contribution in [-0.4, -0.2) is 36.1 Å². The Morgan fingerprint density at radius 3 is 2.77 bits per heavy atom. The molecular formula is C14H16N4O3S. The number of hydrogen-bond acceptors (Lipinski definition) is 6. The summed E-state index contributed by atoms with van der Waals surface area (Å²) in [4.78, 5) is 10.3. The summed E-state index contributed by atoms with van der Waals surface area (Å²) >= 11 is 0. The smallest absolute Gasteiger partial charge is 0.246 e. The number of fused-ring (bicyclic) bond motifs is 1. The van der Waals surface area contributed by atoms with Crippen LogP contribution in [0.25, 0.3) is 0 Å². The van der Waals surface area contributed by atoms with Crippen molar-refractivity contribution in [2.75, 3.05) is 12.8 Å². The maximum absolute atomic E-state index is 11.5. The molecule has 0 bridgehead atoms. The van der Waals surface area contributed by atoms with E-state index in [1.807, 2.05) is 0 Å². The van der Waals surface area contributed by atoms with Crippen LogP contribution in [0.2, 0.25) is 0 Å². The van der Waals surface area contributed by atoms with Gasteiger partial charge in [0.25, 0.3) is 0 Å². The van der Waals surface area contributed by atoms with Gasteiger partial charge in [-0.15, -0.1) is 0 Å². The standard InChI is InChI=1S/C14H16N4O3S/c1-22(20,21)14-15-8-12-10-17(5-4-13(12)16-14)9-11-2-6-18(19)7-3-11/h2-3,6-8H,4-5,9-10H2,1H3. The molecule has 0 radical (unpaired) electrons. The minimum Gasteiger partial charge on any atom is -0.619 e. The van der Waals surface area contributed by atoms with Crippen LogP contribution in [0.15, 0.2) is 35.9 Å². The van der Waals surface area contributed by atoms with Gasteiger partial charge in [-0.2, -0.15) is 4.73 Å². The molecule has 0 saturated heterocycles. The maximum Gasteiger partial charge on any atom is 0.246 e. The molecule has 0 amide bonds. The van der Waals surface area contributed by atoms with Crippen LogP contribution in [-0.2, 0) is 29.3 Å². The van der Waals surface area contributed by atoms with Crippen molar-refractivity contribution in [3.05, 3.63) is 52.8 Å². The molecule has 2 aromatic heterocycles. The maximum atomic E-state index is 11.5. The zero-order valence-electron chi connectivity index (χ0n) is 12.1. The summed E-state index contributed by atoms with van der Waals surface area (Å²) in [5.41, 5.74) is 2.81. The molecule has 0 unspecified atom stereocenters. The van der Waals surface area contributed by atoms with Gasteiger partial charge in [0.1, 0.15) is 0 Å². The van der Waals surface area contributed by atoms with Gasteiger partial charge in [0.2, 0.25) is 15.0 Å². The molecule has 0 atom stereocenters. The summed E-state index contributed by atoms with van der Waals surface area (Å²) < 4.78 is 23.7. The van der Waals surface area contributed by atoms with Gasteiger partial charge in [-0.3, -0.25) is 4.90 Å². The highest BCUT2D eigenvalue weighted by Gasteiger charge is 2.21. The molecule has 3 heterocycles. The molecule has 8 heteroatoms. The van der Waals surface area contributed by atoms with Gasteiger partial charge in [0.15, 0.2) is 12.4 Å². The van der Waals surface area contributed by atoms with Gasteiger partial charge >= 0.3 is 0 Å². The normalized spacial score (nSPS) is 15.5. The quantitative estimate of drug-likeness (QED) is 0.452. The average molecular weight is 320 g/mol. The van der Waals surface area contributed by atoms with Crippen molar-refractivity contribution in [1.29, 1.82) is 0 Å². The molecule has 7 nitrogen and oxygen atoms in total. The number of rotatable bonds is 3. The lowest BCUT2D eigenvalue weighted by molar-refractivity contribution is -0.605. The fourth-order valence-electron chi connectivity index (χ4n) is 2.48. The summed E-state index contributed by atoms with van der Waals surface area (Å²) in [6.45, 7) is 2.19. The second-order valence-corrected chi connectivity index (χ2v) is 7.33. The fourth-order valence-corrected chi connectivity index (χ4v) is 3.00. The van der Waals surface area contributed by atoms with E-state index in [-0.39, 0.29) is 5.16 Å². The van der Waals surface area contributed by atoms with Crippen molar-refractivity contribution in [3.8, 4) is 0 Å². The molecule has 2 aromatic rings. The Hall–Kier alpha value is -2.06. The molecule has 0 aliphatic carbocycles. The van der Waals surface area contributed by atoms with Gasteiger partial charge in [0.05, 0.1) is 5.69 Å². The molecular weight excluding hydrogens is 304 g/mol. The number of aromatic nitrogens is 3. The summed E-state index contributed by atoms with van der Waals surface area (Å²) in [6.07, 6.45) is 6.36. The van der Waals surface area contributed by atoms with Crippen LogP contribution in [0, 0.1) is 5.21 Å². The zero-order valence-corrected chi connectivity index (χ0v) is 13.0. The minimum atomic E-state index is -3.37. The zero-order chi connectivity index (χ0) is 15.7.